The number of unbranched alkanes of at least 4 members (excludes halogenated alkanes) is 24. The number of rotatable bonds is 46. The van der Waals surface area contributed by atoms with Crippen LogP contribution < -0.4 is 0 Å². The van der Waals surface area contributed by atoms with Crippen LogP contribution in [0.3, 0.4) is 0 Å². The van der Waals surface area contributed by atoms with Crippen molar-refractivity contribution in [1.29, 1.82) is 0 Å². The van der Waals surface area contributed by atoms with Crippen LogP contribution in [0.25, 0.3) is 0 Å². The summed E-state index contributed by atoms with van der Waals surface area (Å²) in [5, 5.41) is 18.4. The molecule has 0 spiro atoms. The van der Waals surface area contributed by atoms with Crippen LogP contribution in [0.15, 0.2) is 48.6 Å². The lowest BCUT2D eigenvalue weighted by molar-refractivity contribution is -0.161. The summed E-state index contributed by atoms with van der Waals surface area (Å²) >= 11 is 0. The van der Waals surface area contributed by atoms with Crippen LogP contribution in [0, 0.1) is 0 Å². The second-order valence-corrected chi connectivity index (χ2v) is 17.9. The number of hydrogen-bond acceptors (Lipinski definition) is 9. The van der Waals surface area contributed by atoms with E-state index in [-0.39, 0.29) is 19.4 Å². The van der Waals surface area contributed by atoms with E-state index in [9.17, 15) is 24.2 Å². The standard InChI is InChI=1S/C50H91O10P/c1-3-5-7-9-11-13-15-17-19-21-22-23-24-26-27-29-31-33-35-37-39-41-49(53)57-45-48(46-59-61(55,56)58-44-47(52)43-51)60-50(54)42-40-38-36-34-32-30-28-25-20-18-16-14-12-10-8-6-4-2/h6,8,12,14,18,20,28,30,47-48,51-52H,3-5,7,9-11,13,15-17,19,21-27,29,31-46H2,1-2H3,(H,55,56)/b8-6-,14-12-,20-18-,30-28-. The highest BCUT2D eigenvalue weighted by molar-refractivity contribution is 7.47. The van der Waals surface area contributed by atoms with Gasteiger partial charge in [-0.1, -0.05) is 204 Å². The van der Waals surface area contributed by atoms with E-state index in [1.165, 1.54) is 109 Å². The van der Waals surface area contributed by atoms with Gasteiger partial charge < -0.3 is 24.6 Å². The molecule has 3 atom stereocenters. The van der Waals surface area contributed by atoms with Gasteiger partial charge >= 0.3 is 19.8 Å². The van der Waals surface area contributed by atoms with Crippen LogP contribution in [0.2, 0.25) is 0 Å². The van der Waals surface area contributed by atoms with Crippen molar-refractivity contribution in [3.05, 3.63) is 48.6 Å². The number of aliphatic hydroxyl groups is 2. The molecule has 0 rings (SSSR count). The largest absolute Gasteiger partial charge is 0.472 e. The highest BCUT2D eigenvalue weighted by Crippen LogP contribution is 2.43. The van der Waals surface area contributed by atoms with Crippen LogP contribution in [0.1, 0.15) is 219 Å². The predicted molar refractivity (Wildman–Crippen MR) is 251 cm³/mol. The number of carbonyl (C=O) groups is 2. The third-order valence-corrected chi connectivity index (χ3v) is 11.4. The molecule has 0 aliphatic carbocycles. The highest BCUT2D eigenvalue weighted by atomic mass is 31.2. The maximum atomic E-state index is 12.6. The maximum Gasteiger partial charge on any atom is 0.472 e. The molecule has 0 aromatic carbocycles. The van der Waals surface area contributed by atoms with Crippen molar-refractivity contribution in [1.82, 2.24) is 0 Å². The fourth-order valence-corrected chi connectivity index (χ4v) is 7.54. The number of hydrogen-bond donors (Lipinski definition) is 3. The molecular formula is C50H91O10P. The van der Waals surface area contributed by atoms with Gasteiger partial charge in [-0.05, 0) is 51.4 Å². The molecular weight excluding hydrogens is 792 g/mol. The average Bonchev–Trinajstić information content (AvgIpc) is 3.25. The van der Waals surface area contributed by atoms with Gasteiger partial charge in [0.15, 0.2) is 6.10 Å². The third kappa shape index (κ3) is 45.8. The Morgan fingerprint density at radius 1 is 0.508 bits per heavy atom. The molecule has 0 radical (unpaired) electrons. The van der Waals surface area contributed by atoms with Gasteiger partial charge in [-0.15, -0.1) is 0 Å². The van der Waals surface area contributed by atoms with Crippen LogP contribution in [-0.4, -0.2) is 65.7 Å². The normalized spacial score (nSPS) is 14.1. The summed E-state index contributed by atoms with van der Waals surface area (Å²) in [6, 6.07) is 0. The van der Waals surface area contributed by atoms with Crippen LogP contribution in [0.5, 0.6) is 0 Å². The van der Waals surface area contributed by atoms with Crippen molar-refractivity contribution < 1.29 is 47.8 Å². The molecule has 0 aromatic heterocycles. The van der Waals surface area contributed by atoms with Gasteiger partial charge in [0.05, 0.1) is 19.8 Å². The van der Waals surface area contributed by atoms with Crippen molar-refractivity contribution in [2.45, 2.75) is 232 Å². The first-order valence-electron chi connectivity index (χ1n) is 24.6. The van der Waals surface area contributed by atoms with Crippen molar-refractivity contribution in [3.8, 4) is 0 Å². The number of allylic oxidation sites excluding steroid dienone is 8. The molecule has 0 saturated carbocycles. The molecule has 0 saturated heterocycles. The predicted octanol–water partition coefficient (Wildman–Crippen LogP) is 13.7. The smallest absolute Gasteiger partial charge is 0.462 e. The Morgan fingerprint density at radius 3 is 1.36 bits per heavy atom. The second kappa shape index (κ2) is 45.9. The minimum atomic E-state index is -4.63. The molecule has 0 aliphatic heterocycles. The second-order valence-electron chi connectivity index (χ2n) is 16.5. The van der Waals surface area contributed by atoms with Gasteiger partial charge in [-0.25, -0.2) is 4.57 Å². The minimum absolute atomic E-state index is 0.157. The summed E-state index contributed by atoms with van der Waals surface area (Å²) in [4.78, 5) is 35.1. The summed E-state index contributed by atoms with van der Waals surface area (Å²) in [6.07, 6.45) is 50.8. The molecule has 3 unspecified atom stereocenters. The Morgan fingerprint density at radius 2 is 0.902 bits per heavy atom. The zero-order valence-electron chi connectivity index (χ0n) is 38.9. The van der Waals surface area contributed by atoms with Gasteiger partial charge in [0.25, 0.3) is 0 Å². The number of aliphatic hydroxyl groups excluding tert-OH is 2. The number of phosphoric ester groups is 1. The van der Waals surface area contributed by atoms with Crippen molar-refractivity contribution in [2.75, 3.05) is 26.4 Å². The quantitative estimate of drug-likeness (QED) is 0.0233. The van der Waals surface area contributed by atoms with Crippen LogP contribution in [-0.2, 0) is 32.7 Å². The molecule has 356 valence electrons. The van der Waals surface area contributed by atoms with Crippen molar-refractivity contribution in [3.63, 3.8) is 0 Å². The molecule has 0 bridgehead atoms. The summed E-state index contributed by atoms with van der Waals surface area (Å²) < 4.78 is 32.8. The van der Waals surface area contributed by atoms with Crippen LogP contribution in [0.4, 0.5) is 0 Å². The van der Waals surface area contributed by atoms with E-state index in [1.54, 1.807) is 0 Å². The van der Waals surface area contributed by atoms with Gasteiger partial charge in [0, 0.05) is 12.8 Å². The molecule has 3 N–H and O–H groups in total. The molecule has 10 nitrogen and oxygen atoms in total. The molecule has 61 heavy (non-hydrogen) atoms. The monoisotopic (exact) mass is 883 g/mol. The zero-order chi connectivity index (χ0) is 44.8. The Balaban J connectivity index is 4.21. The molecule has 0 aliphatic rings. The number of carbonyl (C=O) groups excluding carboxylic acids is 2. The summed E-state index contributed by atoms with van der Waals surface area (Å²) in [5.41, 5.74) is 0. The lowest BCUT2D eigenvalue weighted by Gasteiger charge is -2.20. The maximum absolute atomic E-state index is 12.6. The molecule has 0 amide bonds. The summed E-state index contributed by atoms with van der Waals surface area (Å²) in [7, 11) is -4.63. The Labute approximate surface area is 373 Å². The number of phosphoric acid groups is 1. The van der Waals surface area contributed by atoms with Crippen molar-refractivity contribution in [2.24, 2.45) is 0 Å². The summed E-state index contributed by atoms with van der Waals surface area (Å²) in [5.74, 6) is -0.945. The molecule has 0 heterocycles. The lowest BCUT2D eigenvalue weighted by Crippen LogP contribution is -2.29. The molecule has 0 fully saturated rings. The summed E-state index contributed by atoms with van der Waals surface area (Å²) in [6.45, 7) is 2.27. The minimum Gasteiger partial charge on any atom is -0.462 e. The van der Waals surface area contributed by atoms with E-state index in [0.29, 0.717) is 12.8 Å². The van der Waals surface area contributed by atoms with E-state index < -0.39 is 51.8 Å². The third-order valence-electron chi connectivity index (χ3n) is 10.5. The highest BCUT2D eigenvalue weighted by Gasteiger charge is 2.27. The molecule has 11 heteroatoms. The number of ether oxygens (including phenoxy) is 2. The van der Waals surface area contributed by atoms with Gasteiger partial charge in [-0.2, -0.15) is 0 Å². The van der Waals surface area contributed by atoms with E-state index in [2.05, 4.69) is 62.5 Å². The Bertz CT molecular complexity index is 1150. The topological polar surface area (TPSA) is 149 Å². The van der Waals surface area contributed by atoms with E-state index in [0.717, 1.165) is 70.6 Å². The average molecular weight is 883 g/mol. The Hall–Kier alpha value is -2.07. The lowest BCUT2D eigenvalue weighted by atomic mass is 10.0. The SMILES string of the molecule is CC/C=C\C/C=C\C/C=C\C/C=C\CCCCCCC(=O)OC(COC(=O)CCCCCCCCCCCCCCCCCCCCCCC)COP(=O)(O)OCC(O)CO. The van der Waals surface area contributed by atoms with Gasteiger partial charge in [0.2, 0.25) is 0 Å². The van der Waals surface area contributed by atoms with E-state index in [4.69, 9.17) is 23.6 Å². The van der Waals surface area contributed by atoms with Gasteiger partial charge in [0.1, 0.15) is 12.7 Å². The fraction of sp³-hybridized carbons (Fsp3) is 0.800. The zero-order valence-corrected chi connectivity index (χ0v) is 39.8. The first-order chi connectivity index (χ1) is 29.7. The van der Waals surface area contributed by atoms with E-state index >= 15 is 0 Å². The van der Waals surface area contributed by atoms with Gasteiger partial charge in [-0.3, -0.25) is 18.6 Å². The fourth-order valence-electron chi connectivity index (χ4n) is 6.75. The number of esters is 2. The first kappa shape index (κ1) is 58.9. The Kier molecular flexibility index (Phi) is 44.4. The van der Waals surface area contributed by atoms with Crippen LogP contribution >= 0.6 is 7.82 Å². The van der Waals surface area contributed by atoms with E-state index in [1.807, 2.05) is 0 Å². The first-order valence-corrected chi connectivity index (χ1v) is 26.1. The molecule has 0 aromatic rings. The van der Waals surface area contributed by atoms with Crippen molar-refractivity contribution >= 4 is 19.8 Å².